The molecule has 0 spiro atoms. The van der Waals surface area contributed by atoms with Crippen LogP contribution in [-0.2, 0) is 11.3 Å². The number of aryl methyl sites for hydroxylation is 1. The Hall–Kier alpha value is -1.17. The van der Waals surface area contributed by atoms with Gasteiger partial charge in [-0.15, -0.1) is 0 Å². The lowest BCUT2D eigenvalue weighted by molar-refractivity contribution is -0.130. The second kappa shape index (κ2) is 5.00. The highest BCUT2D eigenvalue weighted by Gasteiger charge is 2.19. The third-order valence-electron chi connectivity index (χ3n) is 2.96. The standard InChI is InChI=1S/C11H14BrN3O2/c1-8-13-6-9(12)11(17)15(8)7-10(16)14-4-2-3-5-14/h6H,2-5,7H2,1H3. The Labute approximate surface area is 108 Å². The molecule has 1 aliphatic heterocycles. The third kappa shape index (κ3) is 2.57. The maximum atomic E-state index is 12.0. The van der Waals surface area contributed by atoms with Gasteiger partial charge in [-0.25, -0.2) is 4.98 Å². The van der Waals surface area contributed by atoms with Crippen molar-refractivity contribution in [2.75, 3.05) is 13.1 Å². The average Bonchev–Trinajstić information content (AvgIpc) is 2.83. The molecule has 1 aromatic rings. The minimum Gasteiger partial charge on any atom is -0.341 e. The number of hydrogen-bond acceptors (Lipinski definition) is 3. The fraction of sp³-hybridized carbons (Fsp3) is 0.545. The van der Waals surface area contributed by atoms with Crippen LogP contribution in [0.5, 0.6) is 0 Å². The summed E-state index contributed by atoms with van der Waals surface area (Å²) in [5, 5.41) is 0. The molecular weight excluding hydrogens is 286 g/mol. The van der Waals surface area contributed by atoms with E-state index in [1.165, 1.54) is 10.8 Å². The van der Waals surface area contributed by atoms with Gasteiger partial charge < -0.3 is 4.90 Å². The lowest BCUT2D eigenvalue weighted by Gasteiger charge is -2.16. The molecule has 0 N–H and O–H groups in total. The van der Waals surface area contributed by atoms with Crippen molar-refractivity contribution in [3.63, 3.8) is 0 Å². The van der Waals surface area contributed by atoms with Crippen molar-refractivity contribution in [3.05, 3.63) is 26.8 Å². The molecule has 1 amide bonds. The van der Waals surface area contributed by atoms with Gasteiger partial charge in [0.2, 0.25) is 5.91 Å². The van der Waals surface area contributed by atoms with E-state index in [0.717, 1.165) is 25.9 Å². The van der Waals surface area contributed by atoms with Crippen molar-refractivity contribution in [1.82, 2.24) is 14.5 Å². The highest BCUT2D eigenvalue weighted by molar-refractivity contribution is 9.10. The Kier molecular flexibility index (Phi) is 3.61. The van der Waals surface area contributed by atoms with E-state index in [9.17, 15) is 9.59 Å². The molecule has 1 saturated heterocycles. The number of likely N-dealkylation sites (tertiary alicyclic amines) is 1. The van der Waals surface area contributed by atoms with Gasteiger partial charge in [-0.3, -0.25) is 14.2 Å². The van der Waals surface area contributed by atoms with Crippen LogP contribution in [-0.4, -0.2) is 33.4 Å². The van der Waals surface area contributed by atoms with E-state index in [1.54, 1.807) is 11.8 Å². The molecule has 0 aliphatic carbocycles. The van der Waals surface area contributed by atoms with E-state index in [0.29, 0.717) is 10.3 Å². The predicted octanol–water partition coefficient (Wildman–Crippen LogP) is 0.937. The number of carbonyl (C=O) groups excluding carboxylic acids is 1. The van der Waals surface area contributed by atoms with Crippen molar-refractivity contribution in [2.24, 2.45) is 0 Å². The van der Waals surface area contributed by atoms with Crippen molar-refractivity contribution in [1.29, 1.82) is 0 Å². The van der Waals surface area contributed by atoms with E-state index in [1.807, 2.05) is 0 Å². The maximum Gasteiger partial charge on any atom is 0.268 e. The second-order valence-electron chi connectivity index (χ2n) is 4.13. The van der Waals surface area contributed by atoms with E-state index in [-0.39, 0.29) is 18.0 Å². The summed E-state index contributed by atoms with van der Waals surface area (Å²) < 4.78 is 1.79. The number of aromatic nitrogens is 2. The Morgan fingerprint density at radius 3 is 2.76 bits per heavy atom. The minimum atomic E-state index is -0.204. The van der Waals surface area contributed by atoms with E-state index in [2.05, 4.69) is 20.9 Å². The van der Waals surface area contributed by atoms with Crippen LogP contribution in [0.2, 0.25) is 0 Å². The van der Waals surface area contributed by atoms with Gasteiger partial charge in [-0.2, -0.15) is 0 Å². The fourth-order valence-electron chi connectivity index (χ4n) is 1.94. The number of hydrogen-bond donors (Lipinski definition) is 0. The van der Waals surface area contributed by atoms with Crippen molar-refractivity contribution >= 4 is 21.8 Å². The topological polar surface area (TPSA) is 55.2 Å². The van der Waals surface area contributed by atoms with Crippen LogP contribution in [0.4, 0.5) is 0 Å². The molecule has 1 fully saturated rings. The molecule has 2 heterocycles. The zero-order valence-corrected chi connectivity index (χ0v) is 11.2. The van der Waals surface area contributed by atoms with Crippen LogP contribution in [0, 0.1) is 6.92 Å². The highest BCUT2D eigenvalue weighted by atomic mass is 79.9. The lowest BCUT2D eigenvalue weighted by atomic mass is 10.4. The first-order valence-corrected chi connectivity index (χ1v) is 6.38. The van der Waals surface area contributed by atoms with Crippen LogP contribution in [0.25, 0.3) is 0 Å². The summed E-state index contributed by atoms with van der Waals surface area (Å²) in [5.74, 6) is 0.554. The van der Waals surface area contributed by atoms with Gasteiger partial charge in [-0.1, -0.05) is 0 Å². The first-order chi connectivity index (χ1) is 8.09. The summed E-state index contributed by atoms with van der Waals surface area (Å²) in [6, 6.07) is 0. The summed E-state index contributed by atoms with van der Waals surface area (Å²) >= 11 is 3.13. The molecule has 5 nitrogen and oxygen atoms in total. The number of rotatable bonds is 2. The Morgan fingerprint density at radius 2 is 2.12 bits per heavy atom. The third-order valence-corrected chi connectivity index (χ3v) is 3.50. The Morgan fingerprint density at radius 1 is 1.47 bits per heavy atom. The Balaban J connectivity index is 2.21. The normalized spacial score (nSPS) is 15.3. The first-order valence-electron chi connectivity index (χ1n) is 5.59. The number of carbonyl (C=O) groups is 1. The fourth-order valence-corrected chi connectivity index (χ4v) is 2.26. The molecule has 0 saturated carbocycles. The SMILES string of the molecule is Cc1ncc(Br)c(=O)n1CC(=O)N1CCCC1. The molecule has 6 heteroatoms. The summed E-state index contributed by atoms with van der Waals surface area (Å²) in [4.78, 5) is 29.7. The van der Waals surface area contributed by atoms with Gasteiger partial charge >= 0.3 is 0 Å². The van der Waals surface area contributed by atoms with Crippen LogP contribution < -0.4 is 5.56 Å². The van der Waals surface area contributed by atoms with Crippen molar-refractivity contribution < 1.29 is 4.79 Å². The first kappa shape index (κ1) is 12.3. The largest absolute Gasteiger partial charge is 0.341 e. The van der Waals surface area contributed by atoms with Gasteiger partial charge in [0, 0.05) is 19.3 Å². The molecule has 92 valence electrons. The molecule has 2 rings (SSSR count). The van der Waals surface area contributed by atoms with Gasteiger partial charge in [0.15, 0.2) is 0 Å². The summed E-state index contributed by atoms with van der Waals surface area (Å²) in [6.07, 6.45) is 3.57. The summed E-state index contributed by atoms with van der Waals surface area (Å²) in [6.45, 7) is 3.41. The average molecular weight is 300 g/mol. The minimum absolute atomic E-state index is 0.00685. The van der Waals surface area contributed by atoms with Gasteiger partial charge in [0.25, 0.3) is 5.56 Å². The molecule has 0 unspecified atom stereocenters. The van der Waals surface area contributed by atoms with Crippen molar-refractivity contribution in [3.8, 4) is 0 Å². The van der Waals surface area contributed by atoms with Crippen LogP contribution >= 0.6 is 15.9 Å². The second-order valence-corrected chi connectivity index (χ2v) is 4.99. The zero-order chi connectivity index (χ0) is 12.4. The number of amides is 1. The quantitative estimate of drug-likeness (QED) is 0.816. The maximum absolute atomic E-state index is 12.0. The number of nitrogens with zero attached hydrogens (tertiary/aromatic N) is 3. The number of halogens is 1. The van der Waals surface area contributed by atoms with Gasteiger partial charge in [-0.05, 0) is 35.7 Å². The molecule has 17 heavy (non-hydrogen) atoms. The van der Waals surface area contributed by atoms with Crippen molar-refractivity contribution in [2.45, 2.75) is 26.3 Å². The zero-order valence-electron chi connectivity index (χ0n) is 9.65. The van der Waals surface area contributed by atoms with E-state index in [4.69, 9.17) is 0 Å². The molecular formula is C11H14BrN3O2. The van der Waals surface area contributed by atoms with Crippen LogP contribution in [0.15, 0.2) is 15.5 Å². The van der Waals surface area contributed by atoms with E-state index < -0.39 is 0 Å². The molecule has 0 atom stereocenters. The monoisotopic (exact) mass is 299 g/mol. The smallest absolute Gasteiger partial charge is 0.268 e. The predicted molar refractivity (Wildman–Crippen MR) is 66.7 cm³/mol. The lowest BCUT2D eigenvalue weighted by Crippen LogP contribution is -2.35. The molecule has 1 aliphatic rings. The van der Waals surface area contributed by atoms with Gasteiger partial charge in [0.1, 0.15) is 16.8 Å². The molecule has 0 bridgehead atoms. The summed E-state index contributed by atoms with van der Waals surface area (Å²) in [5.41, 5.74) is -0.204. The summed E-state index contributed by atoms with van der Waals surface area (Å²) in [7, 11) is 0. The molecule has 1 aromatic heterocycles. The highest BCUT2D eigenvalue weighted by Crippen LogP contribution is 2.09. The molecule has 0 radical (unpaired) electrons. The van der Waals surface area contributed by atoms with Crippen LogP contribution in [0.1, 0.15) is 18.7 Å². The van der Waals surface area contributed by atoms with E-state index >= 15 is 0 Å². The Bertz CT molecular complexity index is 492. The molecule has 0 aromatic carbocycles. The van der Waals surface area contributed by atoms with Gasteiger partial charge in [0.05, 0.1) is 0 Å². The van der Waals surface area contributed by atoms with Crippen LogP contribution in [0.3, 0.4) is 0 Å².